The van der Waals surface area contributed by atoms with E-state index in [2.05, 4.69) is 0 Å². The highest BCUT2D eigenvalue weighted by Crippen LogP contribution is 2.23. The molecule has 0 bridgehead atoms. The lowest BCUT2D eigenvalue weighted by Crippen LogP contribution is -2.34. The normalized spacial score (nSPS) is 22.1. The Morgan fingerprint density at radius 2 is 2.17 bits per heavy atom. The molecule has 1 heterocycles. The number of aliphatic carboxylic acids is 1. The Bertz CT molecular complexity index is 154. The second kappa shape index (κ2) is 4.42. The second-order valence-electron chi connectivity index (χ2n) is 3.13. The van der Waals surface area contributed by atoms with Crippen LogP contribution in [-0.4, -0.2) is 30.8 Å². The highest BCUT2D eigenvalue weighted by Gasteiger charge is 2.28. The molecule has 1 atom stereocenters. The summed E-state index contributed by atoms with van der Waals surface area (Å²) in [5.41, 5.74) is 5.38. The zero-order valence-electron chi connectivity index (χ0n) is 7.03. The first kappa shape index (κ1) is 9.48. The van der Waals surface area contributed by atoms with E-state index in [1.54, 1.807) is 0 Å². The van der Waals surface area contributed by atoms with E-state index in [-0.39, 0.29) is 18.4 Å². The summed E-state index contributed by atoms with van der Waals surface area (Å²) in [5, 5.41) is 8.80. The van der Waals surface area contributed by atoms with Crippen molar-refractivity contribution in [2.24, 2.45) is 17.6 Å². The highest BCUT2D eigenvalue weighted by molar-refractivity contribution is 5.70. The van der Waals surface area contributed by atoms with E-state index in [1.807, 2.05) is 0 Å². The molecule has 12 heavy (non-hydrogen) atoms. The molecule has 70 valence electrons. The van der Waals surface area contributed by atoms with Crippen LogP contribution in [0.1, 0.15) is 12.8 Å². The van der Waals surface area contributed by atoms with Gasteiger partial charge in [0.2, 0.25) is 0 Å². The predicted molar refractivity (Wildman–Crippen MR) is 43.7 cm³/mol. The van der Waals surface area contributed by atoms with Gasteiger partial charge < -0.3 is 15.6 Å². The fraction of sp³-hybridized carbons (Fsp3) is 0.875. The Balaban J connectivity index is 2.46. The average Bonchev–Trinajstić information content (AvgIpc) is 2.07. The molecule has 3 N–H and O–H groups in total. The minimum Gasteiger partial charge on any atom is -0.481 e. The third-order valence-electron chi connectivity index (χ3n) is 2.41. The Morgan fingerprint density at radius 3 is 2.58 bits per heavy atom. The number of carboxylic acids is 1. The molecule has 4 nitrogen and oxygen atoms in total. The van der Waals surface area contributed by atoms with E-state index in [0.29, 0.717) is 13.2 Å². The van der Waals surface area contributed by atoms with Gasteiger partial charge in [-0.25, -0.2) is 0 Å². The Kier molecular flexibility index (Phi) is 3.49. The van der Waals surface area contributed by atoms with Gasteiger partial charge in [-0.2, -0.15) is 0 Å². The number of carboxylic acid groups (broad SMARTS) is 1. The first-order valence-corrected chi connectivity index (χ1v) is 4.26. The van der Waals surface area contributed by atoms with Crippen LogP contribution >= 0.6 is 0 Å². The lowest BCUT2D eigenvalue weighted by Gasteiger charge is -2.26. The van der Waals surface area contributed by atoms with Crippen molar-refractivity contribution in [3.63, 3.8) is 0 Å². The molecule has 0 spiro atoms. The smallest absolute Gasteiger partial charge is 0.308 e. The number of ether oxygens (including phenoxy) is 1. The summed E-state index contributed by atoms with van der Waals surface area (Å²) >= 11 is 0. The molecule has 0 aromatic heterocycles. The molecular weight excluding hydrogens is 158 g/mol. The molecule has 4 heteroatoms. The third kappa shape index (κ3) is 2.19. The number of carbonyl (C=O) groups is 1. The van der Waals surface area contributed by atoms with Crippen molar-refractivity contribution in [1.82, 2.24) is 0 Å². The molecule has 0 aromatic rings. The summed E-state index contributed by atoms with van der Waals surface area (Å²) < 4.78 is 5.14. The average molecular weight is 173 g/mol. The van der Waals surface area contributed by atoms with E-state index in [0.717, 1.165) is 12.8 Å². The van der Waals surface area contributed by atoms with Crippen LogP contribution in [0.2, 0.25) is 0 Å². The van der Waals surface area contributed by atoms with Crippen molar-refractivity contribution < 1.29 is 14.6 Å². The fourth-order valence-corrected chi connectivity index (χ4v) is 1.61. The molecule has 1 aliphatic heterocycles. The van der Waals surface area contributed by atoms with E-state index in [4.69, 9.17) is 15.6 Å². The van der Waals surface area contributed by atoms with Gasteiger partial charge in [0.05, 0.1) is 5.92 Å². The Labute approximate surface area is 71.7 Å². The summed E-state index contributed by atoms with van der Waals surface area (Å²) in [6.45, 7) is 1.59. The molecule has 1 rings (SSSR count). The van der Waals surface area contributed by atoms with Crippen molar-refractivity contribution in [3.05, 3.63) is 0 Å². The maximum absolute atomic E-state index is 10.7. The quantitative estimate of drug-likeness (QED) is 0.633. The first-order valence-electron chi connectivity index (χ1n) is 4.26. The van der Waals surface area contributed by atoms with E-state index in [9.17, 15) is 4.79 Å². The topological polar surface area (TPSA) is 72.6 Å². The summed E-state index contributed by atoms with van der Waals surface area (Å²) in [4.78, 5) is 10.7. The van der Waals surface area contributed by atoms with Gasteiger partial charge in [-0.05, 0) is 18.8 Å². The zero-order chi connectivity index (χ0) is 8.97. The van der Waals surface area contributed by atoms with Crippen LogP contribution in [0, 0.1) is 11.8 Å². The van der Waals surface area contributed by atoms with Crippen molar-refractivity contribution in [2.45, 2.75) is 12.8 Å². The highest BCUT2D eigenvalue weighted by atomic mass is 16.5. The molecule has 1 aliphatic rings. The molecule has 1 fully saturated rings. The van der Waals surface area contributed by atoms with Gasteiger partial charge in [-0.3, -0.25) is 4.79 Å². The van der Waals surface area contributed by atoms with Gasteiger partial charge >= 0.3 is 5.97 Å². The van der Waals surface area contributed by atoms with Gasteiger partial charge in [0.25, 0.3) is 0 Å². The van der Waals surface area contributed by atoms with E-state index in [1.165, 1.54) is 0 Å². The van der Waals surface area contributed by atoms with Gasteiger partial charge in [-0.15, -0.1) is 0 Å². The number of rotatable bonds is 3. The molecule has 0 aliphatic carbocycles. The van der Waals surface area contributed by atoms with Crippen LogP contribution in [0.4, 0.5) is 0 Å². The number of nitrogens with two attached hydrogens (primary N) is 1. The van der Waals surface area contributed by atoms with Crippen molar-refractivity contribution in [2.75, 3.05) is 19.8 Å². The van der Waals surface area contributed by atoms with Gasteiger partial charge in [0.15, 0.2) is 0 Å². The van der Waals surface area contributed by atoms with Crippen molar-refractivity contribution >= 4 is 5.97 Å². The maximum atomic E-state index is 10.7. The summed E-state index contributed by atoms with van der Waals surface area (Å²) in [5.74, 6) is -0.945. The Morgan fingerprint density at radius 1 is 1.58 bits per heavy atom. The summed E-state index contributed by atoms with van der Waals surface area (Å²) in [6, 6.07) is 0. The van der Waals surface area contributed by atoms with Gasteiger partial charge in [-0.1, -0.05) is 0 Å². The lowest BCUT2D eigenvalue weighted by molar-refractivity contribution is -0.144. The summed E-state index contributed by atoms with van der Waals surface area (Å²) in [7, 11) is 0. The Hall–Kier alpha value is -0.610. The van der Waals surface area contributed by atoms with Gasteiger partial charge in [0.1, 0.15) is 0 Å². The SMILES string of the molecule is NC[C@@H](C(=O)O)C1CCOCC1. The van der Waals surface area contributed by atoms with Crippen molar-refractivity contribution in [3.8, 4) is 0 Å². The minimum atomic E-state index is -0.774. The molecule has 0 unspecified atom stereocenters. The first-order chi connectivity index (χ1) is 5.75. The second-order valence-corrected chi connectivity index (χ2v) is 3.13. The monoisotopic (exact) mass is 173 g/mol. The largest absolute Gasteiger partial charge is 0.481 e. The molecular formula is C8H15NO3. The van der Waals surface area contributed by atoms with Crippen LogP contribution < -0.4 is 5.73 Å². The third-order valence-corrected chi connectivity index (χ3v) is 2.41. The van der Waals surface area contributed by atoms with Crippen LogP contribution in [0.3, 0.4) is 0 Å². The number of hydrogen-bond acceptors (Lipinski definition) is 3. The predicted octanol–water partition coefficient (Wildman–Crippen LogP) is 0.0725. The van der Waals surface area contributed by atoms with Crippen LogP contribution in [-0.2, 0) is 9.53 Å². The standard InChI is InChI=1S/C8H15NO3/c9-5-7(8(10)11)6-1-3-12-4-2-6/h6-7H,1-5,9H2,(H,10,11)/t7-/m1/s1. The van der Waals surface area contributed by atoms with Crippen LogP contribution in [0.15, 0.2) is 0 Å². The molecule has 0 amide bonds. The zero-order valence-corrected chi connectivity index (χ0v) is 7.03. The fourth-order valence-electron chi connectivity index (χ4n) is 1.61. The van der Waals surface area contributed by atoms with E-state index >= 15 is 0 Å². The number of hydrogen-bond donors (Lipinski definition) is 2. The summed E-state index contributed by atoms with van der Waals surface area (Å²) in [6.07, 6.45) is 1.66. The van der Waals surface area contributed by atoms with Crippen molar-refractivity contribution in [1.29, 1.82) is 0 Å². The lowest BCUT2D eigenvalue weighted by atomic mass is 9.86. The van der Waals surface area contributed by atoms with Gasteiger partial charge in [0, 0.05) is 19.8 Å². The van der Waals surface area contributed by atoms with Crippen LogP contribution in [0.25, 0.3) is 0 Å². The molecule has 0 saturated carbocycles. The maximum Gasteiger partial charge on any atom is 0.308 e. The van der Waals surface area contributed by atoms with E-state index < -0.39 is 5.97 Å². The molecule has 0 radical (unpaired) electrons. The molecule has 0 aromatic carbocycles. The minimum absolute atomic E-state index is 0.209. The molecule has 1 saturated heterocycles. The van der Waals surface area contributed by atoms with Crippen LogP contribution in [0.5, 0.6) is 0 Å².